The van der Waals surface area contributed by atoms with Gasteiger partial charge in [0.25, 0.3) is 5.91 Å². The summed E-state index contributed by atoms with van der Waals surface area (Å²) in [6, 6.07) is 11.0. The standard InChI is InChI=1S/C24H22ClN3O3/c1-12-5-3-6-14(9-12)28-21(29)18-17-7-4-8-27(17)24(19(18)22(28)30)15-10-13(2)11-16(25)20(15)26-23(24)31/h3,5-6,9-11,17-19H,4,7-8H2,1-2H3,(H,26,31)/t17-,18+,19+,24+/m0/s1. The van der Waals surface area contributed by atoms with Crippen molar-refractivity contribution in [3.63, 3.8) is 0 Å². The number of aryl methyl sites for hydroxylation is 2. The van der Waals surface area contributed by atoms with Crippen LogP contribution in [-0.2, 0) is 19.9 Å². The van der Waals surface area contributed by atoms with Gasteiger partial charge in [-0.2, -0.15) is 0 Å². The van der Waals surface area contributed by atoms with E-state index in [0.29, 0.717) is 22.9 Å². The molecule has 1 spiro atoms. The molecule has 0 saturated carbocycles. The lowest BCUT2D eigenvalue weighted by atomic mass is 9.75. The Morgan fingerprint density at radius 2 is 1.87 bits per heavy atom. The van der Waals surface area contributed by atoms with E-state index in [4.69, 9.17) is 11.6 Å². The molecule has 4 heterocycles. The average molecular weight is 436 g/mol. The maximum absolute atomic E-state index is 13.9. The second-order valence-electron chi connectivity index (χ2n) is 9.15. The van der Waals surface area contributed by atoms with Crippen molar-refractivity contribution in [3.05, 3.63) is 58.1 Å². The molecule has 4 atom stereocenters. The zero-order valence-corrected chi connectivity index (χ0v) is 18.1. The SMILES string of the molecule is Cc1cccc(N2C(=O)[C@@H]3[C@@H]4CCCN4[C@@]4(C(=O)Nc5c(Cl)cc(C)cc54)[C@H]3C2=O)c1. The van der Waals surface area contributed by atoms with Gasteiger partial charge < -0.3 is 5.32 Å². The van der Waals surface area contributed by atoms with Gasteiger partial charge in [-0.25, -0.2) is 4.90 Å². The van der Waals surface area contributed by atoms with Crippen LogP contribution in [0.3, 0.4) is 0 Å². The van der Waals surface area contributed by atoms with Gasteiger partial charge >= 0.3 is 0 Å². The lowest BCUT2D eigenvalue weighted by molar-refractivity contribution is -0.135. The quantitative estimate of drug-likeness (QED) is 0.697. The summed E-state index contributed by atoms with van der Waals surface area (Å²) in [5, 5.41) is 3.42. The zero-order chi connectivity index (χ0) is 21.7. The highest BCUT2D eigenvalue weighted by Crippen LogP contribution is 2.61. The number of anilines is 2. The minimum Gasteiger partial charge on any atom is -0.323 e. The Morgan fingerprint density at radius 1 is 1.06 bits per heavy atom. The number of hydrogen-bond acceptors (Lipinski definition) is 4. The summed E-state index contributed by atoms with van der Waals surface area (Å²) in [4.78, 5) is 44.6. The molecule has 158 valence electrons. The normalized spacial score (nSPS) is 31.4. The fourth-order valence-electron chi connectivity index (χ4n) is 6.42. The number of nitrogens with one attached hydrogen (secondary N) is 1. The molecular formula is C24H22ClN3O3. The number of imide groups is 1. The fraction of sp³-hybridized carbons (Fsp3) is 0.375. The summed E-state index contributed by atoms with van der Waals surface area (Å²) in [5.74, 6) is -2.04. The summed E-state index contributed by atoms with van der Waals surface area (Å²) in [6.45, 7) is 4.54. The van der Waals surface area contributed by atoms with Crippen LogP contribution in [0.5, 0.6) is 0 Å². The second-order valence-corrected chi connectivity index (χ2v) is 9.55. The van der Waals surface area contributed by atoms with Crippen molar-refractivity contribution >= 4 is 40.7 Å². The highest BCUT2D eigenvalue weighted by molar-refractivity contribution is 6.35. The highest BCUT2D eigenvalue weighted by atomic mass is 35.5. The van der Waals surface area contributed by atoms with Crippen LogP contribution in [0.1, 0.15) is 29.5 Å². The first-order valence-electron chi connectivity index (χ1n) is 10.7. The number of carbonyl (C=O) groups excluding carboxylic acids is 3. The fourth-order valence-corrected chi connectivity index (χ4v) is 6.74. The van der Waals surface area contributed by atoms with E-state index in [-0.39, 0.29) is 23.8 Å². The van der Waals surface area contributed by atoms with Gasteiger partial charge in [-0.1, -0.05) is 29.8 Å². The maximum atomic E-state index is 13.9. The Balaban J connectivity index is 1.58. The maximum Gasteiger partial charge on any atom is 0.250 e. The van der Waals surface area contributed by atoms with E-state index in [1.165, 1.54) is 4.90 Å². The molecule has 6 nitrogen and oxygen atoms in total. The molecular weight excluding hydrogens is 414 g/mol. The number of nitrogens with zero attached hydrogens (tertiary/aromatic N) is 2. The molecule has 31 heavy (non-hydrogen) atoms. The van der Waals surface area contributed by atoms with Crippen LogP contribution in [0.4, 0.5) is 11.4 Å². The molecule has 4 aliphatic heterocycles. The molecule has 3 saturated heterocycles. The van der Waals surface area contributed by atoms with Gasteiger partial charge in [-0.15, -0.1) is 0 Å². The molecule has 2 aromatic carbocycles. The Morgan fingerprint density at radius 3 is 2.65 bits per heavy atom. The molecule has 0 aromatic heterocycles. The number of carbonyl (C=O) groups is 3. The monoisotopic (exact) mass is 435 g/mol. The molecule has 0 bridgehead atoms. The van der Waals surface area contributed by atoms with Crippen LogP contribution < -0.4 is 10.2 Å². The molecule has 0 unspecified atom stereocenters. The number of amides is 3. The minimum atomic E-state index is -1.19. The molecule has 7 heteroatoms. The highest BCUT2D eigenvalue weighted by Gasteiger charge is 2.74. The molecule has 6 rings (SSSR count). The first-order chi connectivity index (χ1) is 14.9. The van der Waals surface area contributed by atoms with E-state index in [0.717, 1.165) is 29.5 Å². The van der Waals surface area contributed by atoms with Crippen LogP contribution in [-0.4, -0.2) is 35.2 Å². The number of rotatable bonds is 1. The molecule has 0 radical (unpaired) electrons. The molecule has 3 fully saturated rings. The Labute approximate surface area is 185 Å². The second kappa shape index (κ2) is 6.17. The topological polar surface area (TPSA) is 69.7 Å². The molecule has 4 aliphatic rings. The van der Waals surface area contributed by atoms with E-state index in [9.17, 15) is 14.4 Å². The Bertz CT molecular complexity index is 1190. The largest absolute Gasteiger partial charge is 0.323 e. The molecule has 1 N–H and O–H groups in total. The van der Waals surface area contributed by atoms with Gasteiger partial charge in [0.1, 0.15) is 5.54 Å². The average Bonchev–Trinajstić information content (AvgIpc) is 3.41. The van der Waals surface area contributed by atoms with Crippen molar-refractivity contribution < 1.29 is 14.4 Å². The number of halogens is 1. The lowest BCUT2D eigenvalue weighted by Gasteiger charge is -2.36. The summed E-state index contributed by atoms with van der Waals surface area (Å²) < 4.78 is 0. The summed E-state index contributed by atoms with van der Waals surface area (Å²) >= 11 is 6.50. The third kappa shape index (κ3) is 2.19. The first-order valence-corrected chi connectivity index (χ1v) is 11.1. The van der Waals surface area contributed by atoms with Gasteiger partial charge in [0.15, 0.2) is 0 Å². The Hall–Kier alpha value is -2.70. The predicted molar refractivity (Wildman–Crippen MR) is 117 cm³/mol. The summed E-state index contributed by atoms with van der Waals surface area (Å²) in [6.07, 6.45) is 1.69. The summed E-state index contributed by atoms with van der Waals surface area (Å²) in [7, 11) is 0. The van der Waals surface area contributed by atoms with Gasteiger partial charge in [0, 0.05) is 11.6 Å². The van der Waals surface area contributed by atoms with Gasteiger partial charge in [-0.3, -0.25) is 19.3 Å². The molecule has 2 aromatic rings. The first kappa shape index (κ1) is 19.0. The van der Waals surface area contributed by atoms with Crippen molar-refractivity contribution in [2.75, 3.05) is 16.8 Å². The summed E-state index contributed by atoms with van der Waals surface area (Å²) in [5.41, 5.74) is 2.57. The van der Waals surface area contributed by atoms with E-state index in [2.05, 4.69) is 10.2 Å². The van der Waals surface area contributed by atoms with Crippen molar-refractivity contribution in [1.29, 1.82) is 0 Å². The lowest BCUT2D eigenvalue weighted by Crippen LogP contribution is -2.54. The van der Waals surface area contributed by atoms with E-state index < -0.39 is 17.4 Å². The van der Waals surface area contributed by atoms with E-state index in [1.807, 2.05) is 44.2 Å². The van der Waals surface area contributed by atoms with Crippen LogP contribution in [0.25, 0.3) is 0 Å². The number of hydrogen-bond donors (Lipinski definition) is 1. The number of fused-ring (bicyclic) bond motifs is 7. The van der Waals surface area contributed by atoms with E-state index in [1.54, 1.807) is 6.07 Å². The smallest absolute Gasteiger partial charge is 0.250 e. The van der Waals surface area contributed by atoms with Crippen LogP contribution in [0.15, 0.2) is 36.4 Å². The molecule has 3 amide bonds. The van der Waals surface area contributed by atoms with Crippen molar-refractivity contribution in [1.82, 2.24) is 4.90 Å². The van der Waals surface area contributed by atoms with Crippen molar-refractivity contribution in [2.45, 2.75) is 38.3 Å². The van der Waals surface area contributed by atoms with Gasteiger partial charge in [0.05, 0.1) is 28.2 Å². The Kier molecular flexibility index (Phi) is 3.79. The third-order valence-electron chi connectivity index (χ3n) is 7.46. The van der Waals surface area contributed by atoms with Gasteiger partial charge in [0.2, 0.25) is 11.8 Å². The van der Waals surface area contributed by atoms with Crippen LogP contribution in [0.2, 0.25) is 5.02 Å². The zero-order valence-electron chi connectivity index (χ0n) is 17.3. The van der Waals surface area contributed by atoms with Crippen molar-refractivity contribution in [2.24, 2.45) is 11.8 Å². The minimum absolute atomic E-state index is 0.132. The van der Waals surface area contributed by atoms with Gasteiger partial charge in [-0.05, 0) is 62.6 Å². The molecule has 0 aliphatic carbocycles. The third-order valence-corrected chi connectivity index (χ3v) is 7.76. The number of benzene rings is 2. The van der Waals surface area contributed by atoms with Crippen LogP contribution >= 0.6 is 11.6 Å². The van der Waals surface area contributed by atoms with Crippen LogP contribution in [0, 0.1) is 25.7 Å². The van der Waals surface area contributed by atoms with Crippen molar-refractivity contribution in [3.8, 4) is 0 Å². The predicted octanol–water partition coefficient (Wildman–Crippen LogP) is 3.39. The van der Waals surface area contributed by atoms with E-state index >= 15 is 0 Å².